The molecule has 0 saturated carbocycles. The third kappa shape index (κ3) is 2.68. The number of Topliss-reactive ketones (excluding diaryl/α,β-unsaturated/α-hetero) is 1. The predicted octanol–water partition coefficient (Wildman–Crippen LogP) is 3.66. The first-order chi connectivity index (χ1) is 9.54. The van der Waals surface area contributed by atoms with Gasteiger partial charge in [0, 0.05) is 17.7 Å². The van der Waals surface area contributed by atoms with E-state index in [9.17, 15) is 4.79 Å². The summed E-state index contributed by atoms with van der Waals surface area (Å²) in [4.78, 5) is 15.3. The Morgan fingerprint density at radius 1 is 1.30 bits per heavy atom. The normalized spacial score (nSPS) is 10.1. The molecule has 0 spiro atoms. The van der Waals surface area contributed by atoms with Gasteiger partial charge in [-0.25, -0.2) is 0 Å². The number of nitrogens with one attached hydrogen (secondary N) is 1. The highest BCUT2D eigenvalue weighted by atomic mass is 32.1. The van der Waals surface area contributed by atoms with E-state index in [0.717, 1.165) is 16.8 Å². The van der Waals surface area contributed by atoms with E-state index in [1.54, 1.807) is 12.1 Å². The molecule has 0 aliphatic carbocycles. The summed E-state index contributed by atoms with van der Waals surface area (Å²) < 4.78 is 0.429. The molecule has 1 heterocycles. The smallest absolute Gasteiger partial charge is 0.167 e. The molecule has 3 nitrogen and oxygen atoms in total. The zero-order valence-electron chi connectivity index (χ0n) is 11.4. The Morgan fingerprint density at radius 3 is 2.55 bits per heavy atom. The van der Waals surface area contributed by atoms with Gasteiger partial charge in [-0.15, -0.1) is 0 Å². The van der Waals surface area contributed by atoms with E-state index in [2.05, 4.69) is 11.1 Å². The van der Waals surface area contributed by atoms with Crippen molar-refractivity contribution in [3.8, 4) is 6.07 Å². The van der Waals surface area contributed by atoms with Crippen molar-refractivity contribution in [2.45, 2.75) is 20.3 Å². The zero-order chi connectivity index (χ0) is 14.7. The van der Waals surface area contributed by atoms with Crippen molar-refractivity contribution in [2.24, 2.45) is 0 Å². The van der Waals surface area contributed by atoms with Crippen LogP contribution in [0.3, 0.4) is 0 Å². The summed E-state index contributed by atoms with van der Waals surface area (Å²) in [5.74, 6) is 0.0335. The fraction of sp³-hybridized carbons (Fsp3) is 0.188. The summed E-state index contributed by atoms with van der Waals surface area (Å²) >= 11 is 5.13. The summed E-state index contributed by atoms with van der Waals surface area (Å²) in [6.07, 6.45) is 0.266. The van der Waals surface area contributed by atoms with Crippen LogP contribution in [0.1, 0.15) is 32.7 Å². The molecule has 0 unspecified atom stereocenters. The van der Waals surface area contributed by atoms with Gasteiger partial charge in [0.05, 0.1) is 5.56 Å². The standard InChI is InChI=1S/C16H14N2OS/c1-10-13(11(2)18-16(20)14(10)9-17)8-15(19)12-6-4-3-5-7-12/h3-7H,8H2,1-2H3,(H,18,20). The molecule has 1 aromatic heterocycles. The number of aryl methyl sites for hydroxylation is 1. The number of nitriles is 1. The third-order valence-electron chi connectivity index (χ3n) is 3.35. The number of benzene rings is 1. The quantitative estimate of drug-likeness (QED) is 0.690. The molecule has 4 heteroatoms. The van der Waals surface area contributed by atoms with E-state index >= 15 is 0 Å². The van der Waals surface area contributed by atoms with Gasteiger partial charge in [0.25, 0.3) is 0 Å². The molecular weight excluding hydrogens is 268 g/mol. The second-order valence-electron chi connectivity index (χ2n) is 4.64. The fourth-order valence-corrected chi connectivity index (χ4v) is 2.55. The summed E-state index contributed by atoms with van der Waals surface area (Å²) in [5.41, 5.74) is 3.60. The second-order valence-corrected chi connectivity index (χ2v) is 5.04. The van der Waals surface area contributed by atoms with Crippen LogP contribution in [-0.2, 0) is 6.42 Å². The van der Waals surface area contributed by atoms with Crippen LogP contribution < -0.4 is 0 Å². The first kappa shape index (κ1) is 14.2. The number of pyridine rings is 1. The van der Waals surface area contributed by atoms with Gasteiger partial charge in [-0.3, -0.25) is 4.79 Å². The molecule has 20 heavy (non-hydrogen) atoms. The number of carbonyl (C=O) groups excluding carboxylic acids is 1. The number of hydrogen-bond acceptors (Lipinski definition) is 3. The van der Waals surface area contributed by atoms with Gasteiger partial charge >= 0.3 is 0 Å². The second kappa shape index (κ2) is 5.81. The highest BCUT2D eigenvalue weighted by molar-refractivity contribution is 7.71. The number of nitrogens with zero attached hydrogens (tertiary/aromatic N) is 1. The molecule has 0 saturated heterocycles. The molecule has 2 aromatic rings. The average molecular weight is 282 g/mol. The van der Waals surface area contributed by atoms with Crippen LogP contribution in [0, 0.1) is 29.8 Å². The van der Waals surface area contributed by atoms with Gasteiger partial charge in [-0.1, -0.05) is 42.5 Å². The van der Waals surface area contributed by atoms with E-state index in [1.807, 2.05) is 32.0 Å². The summed E-state index contributed by atoms with van der Waals surface area (Å²) in [5, 5.41) is 9.14. The lowest BCUT2D eigenvalue weighted by Crippen LogP contribution is -2.09. The van der Waals surface area contributed by atoms with Gasteiger partial charge in [0.2, 0.25) is 0 Å². The van der Waals surface area contributed by atoms with Crippen LogP contribution in [0.25, 0.3) is 0 Å². The number of hydrogen-bond donors (Lipinski definition) is 1. The van der Waals surface area contributed by atoms with E-state index < -0.39 is 0 Å². The maximum atomic E-state index is 12.3. The number of rotatable bonds is 3. The van der Waals surface area contributed by atoms with Crippen molar-refractivity contribution in [1.29, 1.82) is 5.26 Å². The predicted molar refractivity (Wildman–Crippen MR) is 80.3 cm³/mol. The van der Waals surface area contributed by atoms with Crippen molar-refractivity contribution in [1.82, 2.24) is 4.98 Å². The van der Waals surface area contributed by atoms with E-state index in [0.29, 0.717) is 15.8 Å². The lowest BCUT2D eigenvalue weighted by Gasteiger charge is -2.11. The van der Waals surface area contributed by atoms with E-state index in [-0.39, 0.29) is 12.2 Å². The number of H-pyrrole nitrogens is 1. The van der Waals surface area contributed by atoms with Crippen LogP contribution >= 0.6 is 12.2 Å². The highest BCUT2D eigenvalue weighted by Crippen LogP contribution is 2.19. The van der Waals surface area contributed by atoms with Gasteiger partial charge < -0.3 is 4.98 Å². The molecule has 0 bridgehead atoms. The molecular formula is C16H14N2OS. The number of aromatic nitrogens is 1. The SMILES string of the molecule is Cc1[nH]c(=S)c(C#N)c(C)c1CC(=O)c1ccccc1. The van der Waals surface area contributed by atoms with Crippen molar-refractivity contribution in [3.05, 3.63) is 62.9 Å². The topological polar surface area (TPSA) is 56.6 Å². The average Bonchev–Trinajstić information content (AvgIpc) is 2.44. The highest BCUT2D eigenvalue weighted by Gasteiger charge is 2.14. The molecule has 1 N–H and O–H groups in total. The minimum atomic E-state index is 0.0335. The Balaban J connectivity index is 2.43. The van der Waals surface area contributed by atoms with Crippen LogP contribution in [0.15, 0.2) is 30.3 Å². The van der Waals surface area contributed by atoms with Gasteiger partial charge in [0.15, 0.2) is 5.78 Å². The van der Waals surface area contributed by atoms with Crippen molar-refractivity contribution in [2.75, 3.05) is 0 Å². The largest absolute Gasteiger partial charge is 0.349 e. The molecule has 0 aliphatic heterocycles. The lowest BCUT2D eigenvalue weighted by molar-refractivity contribution is 0.0992. The Hall–Kier alpha value is -2.25. The molecule has 2 rings (SSSR count). The summed E-state index contributed by atoms with van der Waals surface area (Å²) in [6, 6.07) is 11.2. The van der Waals surface area contributed by atoms with Crippen LogP contribution in [0.2, 0.25) is 0 Å². The molecule has 0 amide bonds. The number of ketones is 1. The Kier molecular flexibility index (Phi) is 4.11. The zero-order valence-corrected chi connectivity index (χ0v) is 12.2. The molecule has 0 aliphatic rings. The lowest BCUT2D eigenvalue weighted by atomic mass is 9.96. The Morgan fingerprint density at radius 2 is 1.95 bits per heavy atom. The first-order valence-electron chi connectivity index (χ1n) is 6.25. The van der Waals surface area contributed by atoms with Crippen molar-refractivity contribution in [3.63, 3.8) is 0 Å². The van der Waals surface area contributed by atoms with E-state index in [1.165, 1.54) is 0 Å². The van der Waals surface area contributed by atoms with Crippen molar-refractivity contribution >= 4 is 18.0 Å². The maximum absolute atomic E-state index is 12.3. The molecule has 0 radical (unpaired) electrons. The first-order valence-corrected chi connectivity index (χ1v) is 6.66. The minimum Gasteiger partial charge on any atom is -0.349 e. The summed E-state index contributed by atoms with van der Waals surface area (Å²) in [6.45, 7) is 3.71. The van der Waals surface area contributed by atoms with Crippen LogP contribution in [0.4, 0.5) is 0 Å². The molecule has 0 atom stereocenters. The fourth-order valence-electron chi connectivity index (χ4n) is 2.20. The minimum absolute atomic E-state index is 0.0335. The number of carbonyl (C=O) groups is 1. The summed E-state index contributed by atoms with van der Waals surface area (Å²) in [7, 11) is 0. The monoisotopic (exact) mass is 282 g/mol. The molecule has 1 aromatic carbocycles. The Labute approximate surface area is 122 Å². The third-order valence-corrected chi connectivity index (χ3v) is 3.66. The van der Waals surface area contributed by atoms with Gasteiger partial charge in [-0.2, -0.15) is 5.26 Å². The number of aromatic amines is 1. The van der Waals surface area contributed by atoms with Crippen molar-refractivity contribution < 1.29 is 4.79 Å². The van der Waals surface area contributed by atoms with Crippen LogP contribution in [0.5, 0.6) is 0 Å². The van der Waals surface area contributed by atoms with Gasteiger partial charge in [-0.05, 0) is 25.0 Å². The van der Waals surface area contributed by atoms with Gasteiger partial charge in [0.1, 0.15) is 10.7 Å². The van der Waals surface area contributed by atoms with E-state index in [4.69, 9.17) is 17.5 Å². The molecule has 100 valence electrons. The molecule has 0 fully saturated rings. The Bertz CT molecular complexity index is 755. The maximum Gasteiger partial charge on any atom is 0.167 e. The van der Waals surface area contributed by atoms with Crippen LogP contribution in [-0.4, -0.2) is 10.8 Å².